The van der Waals surface area contributed by atoms with Crippen molar-refractivity contribution >= 4 is 11.6 Å². The second-order valence-corrected chi connectivity index (χ2v) is 5.13. The molecule has 106 valence electrons. The molecule has 2 atom stereocenters. The first-order valence-corrected chi connectivity index (χ1v) is 6.71. The van der Waals surface area contributed by atoms with Crippen molar-refractivity contribution in [2.75, 3.05) is 20.3 Å². The number of hydrogen-bond acceptors (Lipinski definition) is 4. The van der Waals surface area contributed by atoms with Gasteiger partial charge < -0.3 is 14.6 Å². The van der Waals surface area contributed by atoms with E-state index in [4.69, 9.17) is 21.1 Å². The van der Waals surface area contributed by atoms with Gasteiger partial charge in [-0.25, -0.2) is 0 Å². The van der Waals surface area contributed by atoms with E-state index in [-0.39, 0.29) is 6.04 Å². The maximum absolute atomic E-state index is 9.84. The van der Waals surface area contributed by atoms with Crippen LogP contribution in [0, 0.1) is 0 Å². The summed E-state index contributed by atoms with van der Waals surface area (Å²) in [5.74, 6) is 0.711. The number of aromatic nitrogens is 2. The largest absolute Gasteiger partial charge is 0.496 e. The summed E-state index contributed by atoms with van der Waals surface area (Å²) in [4.78, 5) is 0. The van der Waals surface area contributed by atoms with Crippen LogP contribution in [0.15, 0.2) is 30.5 Å². The first kappa shape index (κ1) is 13.4. The highest BCUT2D eigenvalue weighted by atomic mass is 35.5. The van der Waals surface area contributed by atoms with E-state index in [1.54, 1.807) is 17.9 Å². The monoisotopic (exact) mass is 294 g/mol. The molecule has 0 saturated carbocycles. The van der Waals surface area contributed by atoms with Gasteiger partial charge in [0.25, 0.3) is 0 Å². The lowest BCUT2D eigenvalue weighted by atomic mass is 10.1. The fourth-order valence-corrected chi connectivity index (χ4v) is 2.50. The average molecular weight is 295 g/mol. The number of benzene rings is 1. The fraction of sp³-hybridized carbons (Fsp3) is 0.357. The van der Waals surface area contributed by atoms with Gasteiger partial charge in [0.15, 0.2) is 0 Å². The highest BCUT2D eigenvalue weighted by Gasteiger charge is 2.28. The lowest BCUT2D eigenvalue weighted by Gasteiger charge is -2.12. The molecule has 0 amide bonds. The molecule has 0 spiro atoms. The average Bonchev–Trinajstić information content (AvgIpc) is 3.07. The highest BCUT2D eigenvalue weighted by Crippen LogP contribution is 2.32. The van der Waals surface area contributed by atoms with Crippen LogP contribution in [0.5, 0.6) is 5.75 Å². The third-order valence-electron chi connectivity index (χ3n) is 3.41. The van der Waals surface area contributed by atoms with Crippen LogP contribution in [0.1, 0.15) is 6.04 Å². The summed E-state index contributed by atoms with van der Waals surface area (Å²) in [7, 11) is 1.61. The molecule has 1 aliphatic rings. The Morgan fingerprint density at radius 3 is 2.95 bits per heavy atom. The van der Waals surface area contributed by atoms with Crippen molar-refractivity contribution in [1.82, 2.24) is 9.78 Å². The van der Waals surface area contributed by atoms with E-state index in [1.807, 2.05) is 24.4 Å². The zero-order valence-electron chi connectivity index (χ0n) is 11.0. The topological polar surface area (TPSA) is 56.5 Å². The van der Waals surface area contributed by atoms with Crippen molar-refractivity contribution in [2.24, 2.45) is 0 Å². The van der Waals surface area contributed by atoms with Gasteiger partial charge in [0.05, 0.1) is 26.0 Å². The van der Waals surface area contributed by atoms with Gasteiger partial charge in [-0.1, -0.05) is 11.6 Å². The molecule has 1 saturated heterocycles. The number of halogens is 1. The van der Waals surface area contributed by atoms with Crippen molar-refractivity contribution < 1.29 is 14.6 Å². The summed E-state index contributed by atoms with van der Waals surface area (Å²) in [6.45, 7) is 0.815. The summed E-state index contributed by atoms with van der Waals surface area (Å²) in [6, 6.07) is 7.13. The molecule has 0 bridgehead atoms. The van der Waals surface area contributed by atoms with Crippen molar-refractivity contribution in [3.8, 4) is 17.0 Å². The number of hydrogen-bond donors (Lipinski definition) is 1. The first-order chi connectivity index (χ1) is 9.69. The molecule has 6 heteroatoms. The molecule has 0 radical (unpaired) electrons. The Morgan fingerprint density at radius 1 is 1.40 bits per heavy atom. The van der Waals surface area contributed by atoms with Gasteiger partial charge in [0.2, 0.25) is 0 Å². The summed E-state index contributed by atoms with van der Waals surface area (Å²) >= 11 is 6.03. The van der Waals surface area contributed by atoms with Gasteiger partial charge in [-0.05, 0) is 24.3 Å². The van der Waals surface area contributed by atoms with Crippen LogP contribution in [-0.2, 0) is 4.74 Å². The number of methoxy groups -OCH3 is 1. The number of aliphatic hydroxyl groups excluding tert-OH is 1. The van der Waals surface area contributed by atoms with Crippen LogP contribution in [0.4, 0.5) is 0 Å². The lowest BCUT2D eigenvalue weighted by Crippen LogP contribution is -2.22. The molecule has 5 nitrogen and oxygen atoms in total. The maximum atomic E-state index is 9.84. The van der Waals surface area contributed by atoms with Crippen molar-refractivity contribution in [2.45, 2.75) is 12.1 Å². The van der Waals surface area contributed by atoms with E-state index in [2.05, 4.69) is 5.10 Å². The molecule has 20 heavy (non-hydrogen) atoms. The molecule has 1 aromatic carbocycles. The summed E-state index contributed by atoms with van der Waals surface area (Å²) < 4.78 is 12.3. The van der Waals surface area contributed by atoms with Crippen LogP contribution in [0.3, 0.4) is 0 Å². The van der Waals surface area contributed by atoms with E-state index in [1.165, 1.54) is 0 Å². The van der Waals surface area contributed by atoms with Crippen molar-refractivity contribution in [3.05, 3.63) is 35.5 Å². The molecule has 1 aliphatic heterocycles. The molecule has 1 aromatic heterocycles. The standard InChI is InChI=1S/C14H15ClN2O3/c1-19-14-3-2-9(15)6-10(14)11-4-5-17(16-11)12-7-20-8-13(12)18/h2-6,12-13,18H,7-8H2,1H3. The molecule has 1 N–H and O–H groups in total. The zero-order chi connectivity index (χ0) is 14.1. The maximum Gasteiger partial charge on any atom is 0.128 e. The molecule has 2 aromatic rings. The van der Waals surface area contributed by atoms with E-state index in [0.717, 1.165) is 11.3 Å². The summed E-state index contributed by atoms with van der Waals surface area (Å²) in [5.41, 5.74) is 1.58. The van der Waals surface area contributed by atoms with Crippen molar-refractivity contribution in [1.29, 1.82) is 0 Å². The Morgan fingerprint density at radius 2 is 2.25 bits per heavy atom. The third-order valence-corrected chi connectivity index (χ3v) is 3.64. The van der Waals surface area contributed by atoms with E-state index in [0.29, 0.717) is 24.0 Å². The fourth-order valence-electron chi connectivity index (χ4n) is 2.33. The molecular weight excluding hydrogens is 280 g/mol. The van der Waals surface area contributed by atoms with Gasteiger partial charge in [-0.2, -0.15) is 5.10 Å². The zero-order valence-corrected chi connectivity index (χ0v) is 11.7. The quantitative estimate of drug-likeness (QED) is 0.942. The Balaban J connectivity index is 1.95. The Bertz CT molecular complexity index is 614. The second kappa shape index (κ2) is 5.44. The van der Waals surface area contributed by atoms with Gasteiger partial charge in [-0.15, -0.1) is 0 Å². The van der Waals surface area contributed by atoms with E-state index in [9.17, 15) is 5.11 Å². The Hall–Kier alpha value is -1.56. The molecule has 2 heterocycles. The van der Waals surface area contributed by atoms with Crippen LogP contribution in [0.25, 0.3) is 11.3 Å². The van der Waals surface area contributed by atoms with Crippen LogP contribution in [-0.4, -0.2) is 41.3 Å². The third kappa shape index (κ3) is 2.40. The van der Waals surface area contributed by atoms with Gasteiger partial charge in [-0.3, -0.25) is 4.68 Å². The van der Waals surface area contributed by atoms with Crippen LogP contribution in [0.2, 0.25) is 5.02 Å². The predicted octanol–water partition coefficient (Wildman–Crippen LogP) is 2.14. The smallest absolute Gasteiger partial charge is 0.128 e. The minimum absolute atomic E-state index is 0.145. The Labute approximate surface area is 121 Å². The minimum Gasteiger partial charge on any atom is -0.496 e. The van der Waals surface area contributed by atoms with Gasteiger partial charge in [0, 0.05) is 16.8 Å². The first-order valence-electron chi connectivity index (χ1n) is 6.34. The van der Waals surface area contributed by atoms with E-state index < -0.39 is 6.10 Å². The number of ether oxygens (including phenoxy) is 2. The molecular formula is C14H15ClN2O3. The summed E-state index contributed by atoms with van der Waals surface area (Å²) in [5, 5.41) is 15.0. The molecule has 3 rings (SSSR count). The van der Waals surface area contributed by atoms with Crippen LogP contribution < -0.4 is 4.74 Å². The normalized spacial score (nSPS) is 22.1. The van der Waals surface area contributed by atoms with Crippen molar-refractivity contribution in [3.63, 3.8) is 0 Å². The SMILES string of the molecule is COc1ccc(Cl)cc1-c1ccn(C2COCC2O)n1. The number of rotatable bonds is 3. The Kier molecular flexibility index (Phi) is 3.65. The van der Waals surface area contributed by atoms with E-state index >= 15 is 0 Å². The molecule has 2 unspecified atom stereocenters. The predicted molar refractivity (Wildman–Crippen MR) is 75.1 cm³/mol. The lowest BCUT2D eigenvalue weighted by molar-refractivity contribution is 0.118. The number of aliphatic hydroxyl groups is 1. The van der Waals surface area contributed by atoms with Gasteiger partial charge in [0.1, 0.15) is 17.9 Å². The molecule has 0 aliphatic carbocycles. The summed E-state index contributed by atoms with van der Waals surface area (Å²) in [6.07, 6.45) is 1.31. The highest BCUT2D eigenvalue weighted by molar-refractivity contribution is 6.30. The van der Waals surface area contributed by atoms with Gasteiger partial charge >= 0.3 is 0 Å². The number of nitrogens with zero attached hydrogens (tertiary/aromatic N) is 2. The minimum atomic E-state index is -0.524. The van der Waals surface area contributed by atoms with Crippen LogP contribution >= 0.6 is 11.6 Å². The second-order valence-electron chi connectivity index (χ2n) is 4.70. The molecule has 1 fully saturated rings.